The van der Waals surface area contributed by atoms with Crippen LogP contribution in [0.15, 0.2) is 18.2 Å². The number of nitro benzene ring substituents is 1. The first-order valence-corrected chi connectivity index (χ1v) is 8.97. The van der Waals surface area contributed by atoms with Gasteiger partial charge in [0.25, 0.3) is 11.6 Å². The molecule has 1 rings (SSSR count). The van der Waals surface area contributed by atoms with Gasteiger partial charge in [0.1, 0.15) is 5.60 Å². The lowest BCUT2D eigenvalue weighted by Gasteiger charge is -2.33. The monoisotopic (exact) mass is 379 g/mol. The molecule has 2 amide bonds. The van der Waals surface area contributed by atoms with Crippen LogP contribution in [0.4, 0.5) is 10.5 Å². The number of carbonyl (C=O) groups excluding carboxylic acids is 2. The number of nitro groups is 1. The number of nitrogens with zero attached hydrogens (tertiary/aromatic N) is 1. The Labute approximate surface area is 159 Å². The van der Waals surface area contributed by atoms with E-state index in [9.17, 15) is 19.7 Å². The number of nitrogens with one attached hydrogen (secondary N) is 2. The molecule has 0 spiro atoms. The zero-order chi connectivity index (χ0) is 20.8. The molecule has 1 aromatic carbocycles. The topological polar surface area (TPSA) is 111 Å². The summed E-state index contributed by atoms with van der Waals surface area (Å²) in [5.41, 5.74) is -0.438. The highest BCUT2D eigenvalue weighted by atomic mass is 16.6. The molecule has 0 heterocycles. The third kappa shape index (κ3) is 6.54. The molecule has 0 saturated carbocycles. The van der Waals surface area contributed by atoms with E-state index >= 15 is 0 Å². The Morgan fingerprint density at radius 2 is 1.78 bits per heavy atom. The van der Waals surface area contributed by atoms with E-state index in [2.05, 4.69) is 10.6 Å². The smallest absolute Gasteiger partial charge is 0.407 e. The average molecular weight is 379 g/mol. The Kier molecular flexibility index (Phi) is 7.33. The quantitative estimate of drug-likeness (QED) is 0.554. The van der Waals surface area contributed by atoms with Crippen molar-refractivity contribution in [2.75, 3.05) is 6.54 Å². The number of rotatable bonds is 7. The molecule has 1 aromatic rings. The van der Waals surface area contributed by atoms with Gasteiger partial charge in [0.05, 0.1) is 10.5 Å². The highest BCUT2D eigenvalue weighted by molar-refractivity contribution is 5.96. The van der Waals surface area contributed by atoms with Crippen LogP contribution in [0.1, 0.15) is 63.4 Å². The van der Waals surface area contributed by atoms with Crippen LogP contribution in [0.2, 0.25) is 0 Å². The second kappa shape index (κ2) is 8.83. The first kappa shape index (κ1) is 22.4. The zero-order valence-electron chi connectivity index (χ0n) is 16.8. The van der Waals surface area contributed by atoms with Crippen LogP contribution >= 0.6 is 0 Å². The number of carbonyl (C=O) groups is 2. The van der Waals surface area contributed by atoms with Crippen molar-refractivity contribution in [3.05, 3.63) is 39.4 Å². The van der Waals surface area contributed by atoms with Crippen molar-refractivity contribution in [1.82, 2.24) is 10.6 Å². The van der Waals surface area contributed by atoms with Crippen LogP contribution in [-0.4, -0.2) is 34.6 Å². The van der Waals surface area contributed by atoms with E-state index in [0.717, 1.165) is 0 Å². The fourth-order valence-electron chi connectivity index (χ4n) is 2.60. The molecule has 0 aliphatic rings. The Morgan fingerprint density at radius 3 is 2.22 bits per heavy atom. The molecule has 27 heavy (non-hydrogen) atoms. The van der Waals surface area contributed by atoms with Gasteiger partial charge in [-0.1, -0.05) is 13.8 Å². The van der Waals surface area contributed by atoms with Gasteiger partial charge >= 0.3 is 6.09 Å². The van der Waals surface area contributed by atoms with Gasteiger partial charge in [-0.15, -0.1) is 0 Å². The molecule has 0 aliphatic carbocycles. The summed E-state index contributed by atoms with van der Waals surface area (Å²) in [5, 5.41) is 16.5. The lowest BCUT2D eigenvalue weighted by atomic mass is 9.91. The highest BCUT2D eigenvalue weighted by Gasteiger charge is 2.30. The second-order valence-corrected chi connectivity index (χ2v) is 7.55. The predicted molar refractivity (Wildman–Crippen MR) is 103 cm³/mol. The fraction of sp³-hybridized carbons (Fsp3) is 0.579. The number of benzene rings is 1. The van der Waals surface area contributed by atoms with E-state index in [1.165, 1.54) is 18.2 Å². The summed E-state index contributed by atoms with van der Waals surface area (Å²) in [6, 6.07) is 4.12. The number of amides is 2. The van der Waals surface area contributed by atoms with Crippen LogP contribution in [0, 0.1) is 17.0 Å². The standard InChI is InChI=1S/C19H29N3O5/c1-7-19(8-2,12-20-17(24)27-18(4,5)6)21-16(23)15-10-9-14(22(25)26)11-13(15)3/h9-11H,7-8,12H2,1-6H3,(H,20,24)(H,21,23). The average Bonchev–Trinajstić information content (AvgIpc) is 2.56. The predicted octanol–water partition coefficient (Wildman–Crippen LogP) is 3.72. The summed E-state index contributed by atoms with van der Waals surface area (Å²) >= 11 is 0. The summed E-state index contributed by atoms with van der Waals surface area (Å²) < 4.78 is 5.24. The van der Waals surface area contributed by atoms with E-state index in [4.69, 9.17) is 4.74 Å². The van der Waals surface area contributed by atoms with Crippen LogP contribution < -0.4 is 10.6 Å². The van der Waals surface area contributed by atoms with Crippen LogP contribution in [0.25, 0.3) is 0 Å². The second-order valence-electron chi connectivity index (χ2n) is 7.55. The maximum Gasteiger partial charge on any atom is 0.407 e. The molecule has 2 N–H and O–H groups in total. The summed E-state index contributed by atoms with van der Waals surface area (Å²) in [6.07, 6.45) is 0.642. The first-order valence-electron chi connectivity index (χ1n) is 8.97. The zero-order valence-corrected chi connectivity index (χ0v) is 16.8. The van der Waals surface area contributed by atoms with E-state index in [-0.39, 0.29) is 18.1 Å². The molecule has 0 atom stereocenters. The van der Waals surface area contributed by atoms with Gasteiger partial charge in [0, 0.05) is 24.2 Å². The van der Waals surface area contributed by atoms with Gasteiger partial charge in [-0.05, 0) is 52.2 Å². The van der Waals surface area contributed by atoms with Gasteiger partial charge in [0.15, 0.2) is 0 Å². The van der Waals surface area contributed by atoms with Gasteiger partial charge in [-0.25, -0.2) is 4.79 Å². The van der Waals surface area contributed by atoms with Crippen molar-refractivity contribution >= 4 is 17.7 Å². The largest absolute Gasteiger partial charge is 0.444 e. The van der Waals surface area contributed by atoms with E-state index in [1.54, 1.807) is 27.7 Å². The maximum absolute atomic E-state index is 12.7. The Hall–Kier alpha value is -2.64. The lowest BCUT2D eigenvalue weighted by Crippen LogP contribution is -2.55. The minimum absolute atomic E-state index is 0.0621. The minimum atomic E-state index is -0.651. The number of hydrogen-bond donors (Lipinski definition) is 2. The van der Waals surface area contributed by atoms with Gasteiger partial charge in [-0.3, -0.25) is 14.9 Å². The minimum Gasteiger partial charge on any atom is -0.444 e. The molecule has 0 unspecified atom stereocenters. The molecule has 0 aliphatic heterocycles. The SMILES string of the molecule is CCC(CC)(CNC(=O)OC(C)(C)C)NC(=O)c1ccc([N+](=O)[O-])cc1C. The van der Waals surface area contributed by atoms with Crippen LogP contribution in [0.5, 0.6) is 0 Å². The van der Waals surface area contributed by atoms with Crippen molar-refractivity contribution in [2.24, 2.45) is 0 Å². The van der Waals surface area contributed by atoms with Crippen molar-refractivity contribution in [3.8, 4) is 0 Å². The van der Waals surface area contributed by atoms with E-state index < -0.39 is 22.2 Å². The molecular weight excluding hydrogens is 350 g/mol. The van der Waals surface area contributed by atoms with Crippen molar-refractivity contribution in [2.45, 2.75) is 65.5 Å². The molecular formula is C19H29N3O5. The Morgan fingerprint density at radius 1 is 1.19 bits per heavy atom. The fourth-order valence-corrected chi connectivity index (χ4v) is 2.60. The summed E-state index contributed by atoms with van der Waals surface area (Å²) in [4.78, 5) is 35.0. The van der Waals surface area contributed by atoms with Crippen molar-refractivity contribution in [3.63, 3.8) is 0 Å². The maximum atomic E-state index is 12.7. The number of hydrogen-bond acceptors (Lipinski definition) is 5. The number of aryl methyl sites for hydroxylation is 1. The third-order valence-corrected chi connectivity index (χ3v) is 4.37. The van der Waals surface area contributed by atoms with Gasteiger partial charge < -0.3 is 15.4 Å². The molecule has 8 nitrogen and oxygen atoms in total. The molecule has 0 saturated heterocycles. The summed E-state index contributed by atoms with van der Waals surface area (Å²) in [5.74, 6) is -0.336. The molecule has 8 heteroatoms. The number of alkyl carbamates (subject to hydrolysis) is 1. The van der Waals surface area contributed by atoms with E-state index in [1.807, 2.05) is 13.8 Å². The summed E-state index contributed by atoms with van der Waals surface area (Å²) in [6.45, 7) is 11.0. The molecule has 0 fully saturated rings. The summed E-state index contributed by atoms with van der Waals surface area (Å²) in [7, 11) is 0. The molecule has 0 radical (unpaired) electrons. The number of non-ortho nitro benzene ring substituents is 1. The first-order chi connectivity index (χ1) is 12.4. The third-order valence-electron chi connectivity index (χ3n) is 4.37. The Balaban J connectivity index is 2.90. The van der Waals surface area contributed by atoms with Crippen molar-refractivity contribution in [1.29, 1.82) is 0 Å². The molecule has 0 bridgehead atoms. The number of ether oxygens (including phenoxy) is 1. The highest BCUT2D eigenvalue weighted by Crippen LogP contribution is 2.20. The Bertz CT molecular complexity index is 706. The van der Waals surface area contributed by atoms with Crippen molar-refractivity contribution < 1.29 is 19.2 Å². The normalized spacial score (nSPS) is 11.6. The van der Waals surface area contributed by atoms with Gasteiger partial charge in [0.2, 0.25) is 0 Å². The lowest BCUT2D eigenvalue weighted by molar-refractivity contribution is -0.384. The molecule has 0 aromatic heterocycles. The van der Waals surface area contributed by atoms with Crippen LogP contribution in [0.3, 0.4) is 0 Å². The molecule has 150 valence electrons. The van der Waals surface area contributed by atoms with Crippen LogP contribution in [-0.2, 0) is 4.74 Å². The van der Waals surface area contributed by atoms with Gasteiger partial charge in [-0.2, -0.15) is 0 Å². The van der Waals surface area contributed by atoms with E-state index in [0.29, 0.717) is 24.0 Å².